The minimum atomic E-state index is -0.457. The molecule has 4 heteroatoms. The molecule has 20 heavy (non-hydrogen) atoms. The van der Waals surface area contributed by atoms with E-state index in [9.17, 15) is 14.3 Å². The van der Waals surface area contributed by atoms with Crippen molar-refractivity contribution in [3.63, 3.8) is 0 Å². The van der Waals surface area contributed by atoms with Crippen LogP contribution in [-0.4, -0.2) is 41.5 Å². The van der Waals surface area contributed by atoms with Crippen LogP contribution in [0.25, 0.3) is 0 Å². The van der Waals surface area contributed by atoms with E-state index < -0.39 is 5.82 Å². The molecule has 0 aromatic heterocycles. The zero-order valence-corrected chi connectivity index (χ0v) is 11.9. The number of hydrogen-bond donors (Lipinski definition) is 1. The van der Waals surface area contributed by atoms with Crippen molar-refractivity contribution in [2.45, 2.75) is 32.2 Å². The third-order valence-corrected chi connectivity index (χ3v) is 4.06. The molecule has 0 bridgehead atoms. The third kappa shape index (κ3) is 3.44. The van der Waals surface area contributed by atoms with E-state index in [0.717, 1.165) is 25.8 Å². The van der Waals surface area contributed by atoms with E-state index in [1.165, 1.54) is 12.1 Å². The number of aliphatic hydroxyl groups excluding tert-OH is 1. The van der Waals surface area contributed by atoms with Gasteiger partial charge in [0.25, 0.3) is 0 Å². The molecular weight excluding hydrogens is 257 g/mol. The Balaban J connectivity index is 2.02. The van der Waals surface area contributed by atoms with Crippen molar-refractivity contribution in [2.75, 3.05) is 19.7 Å². The molecule has 1 aliphatic heterocycles. The van der Waals surface area contributed by atoms with Crippen molar-refractivity contribution in [3.05, 3.63) is 35.6 Å². The fraction of sp³-hybridized carbons (Fsp3) is 0.562. The number of ketones is 1. The van der Waals surface area contributed by atoms with Crippen LogP contribution in [0, 0.1) is 11.7 Å². The fourth-order valence-corrected chi connectivity index (χ4v) is 2.87. The Labute approximate surface area is 119 Å². The number of likely N-dealkylation sites (tertiary alicyclic amines) is 1. The van der Waals surface area contributed by atoms with Gasteiger partial charge in [0.15, 0.2) is 5.78 Å². The molecule has 1 N–H and O–H groups in total. The molecule has 0 radical (unpaired) electrons. The number of piperidine rings is 1. The topological polar surface area (TPSA) is 40.5 Å². The predicted octanol–water partition coefficient (Wildman–Crippen LogP) is 2.49. The standard InChI is InChI=1S/C16H22FNO2/c1-12(10-18-9-5-4-6-13(18)11-19)16(20)14-7-2-3-8-15(14)17/h2-3,7-8,12-13,19H,4-6,9-11H2,1H3. The third-order valence-electron chi connectivity index (χ3n) is 4.06. The van der Waals surface area contributed by atoms with E-state index in [1.54, 1.807) is 12.1 Å². The van der Waals surface area contributed by atoms with Gasteiger partial charge in [-0.1, -0.05) is 25.5 Å². The van der Waals surface area contributed by atoms with E-state index in [-0.39, 0.29) is 29.9 Å². The van der Waals surface area contributed by atoms with Crippen LogP contribution < -0.4 is 0 Å². The minimum Gasteiger partial charge on any atom is -0.395 e. The highest BCUT2D eigenvalue weighted by Crippen LogP contribution is 2.20. The average molecular weight is 279 g/mol. The van der Waals surface area contributed by atoms with Crippen molar-refractivity contribution in [2.24, 2.45) is 5.92 Å². The summed E-state index contributed by atoms with van der Waals surface area (Å²) in [6.45, 7) is 3.44. The second-order valence-electron chi connectivity index (χ2n) is 5.57. The Kier molecular flexibility index (Phi) is 5.26. The lowest BCUT2D eigenvalue weighted by atomic mass is 9.95. The summed E-state index contributed by atoms with van der Waals surface area (Å²) in [6, 6.07) is 6.26. The molecule has 1 aliphatic rings. The normalized spacial score (nSPS) is 21.6. The van der Waals surface area contributed by atoms with Gasteiger partial charge in [-0.2, -0.15) is 0 Å². The molecule has 1 aromatic carbocycles. The molecule has 2 unspecified atom stereocenters. The first kappa shape index (κ1) is 15.1. The Morgan fingerprint density at radius 3 is 2.90 bits per heavy atom. The summed E-state index contributed by atoms with van der Waals surface area (Å²) in [4.78, 5) is 14.5. The van der Waals surface area contributed by atoms with Crippen LogP contribution in [0.4, 0.5) is 4.39 Å². The average Bonchev–Trinajstić information content (AvgIpc) is 2.47. The van der Waals surface area contributed by atoms with Crippen LogP contribution in [0.1, 0.15) is 36.5 Å². The molecule has 1 saturated heterocycles. The van der Waals surface area contributed by atoms with E-state index >= 15 is 0 Å². The zero-order chi connectivity index (χ0) is 14.5. The van der Waals surface area contributed by atoms with Crippen LogP contribution in [0.15, 0.2) is 24.3 Å². The maximum Gasteiger partial charge on any atom is 0.169 e. The number of carbonyl (C=O) groups excluding carboxylic acids is 1. The SMILES string of the molecule is CC(CN1CCCCC1CO)C(=O)c1ccccc1F. The molecule has 2 atom stereocenters. The lowest BCUT2D eigenvalue weighted by Gasteiger charge is -2.35. The van der Waals surface area contributed by atoms with Gasteiger partial charge in [0.05, 0.1) is 12.2 Å². The summed E-state index contributed by atoms with van der Waals surface area (Å²) < 4.78 is 13.6. The lowest BCUT2D eigenvalue weighted by molar-refractivity contribution is 0.0671. The second kappa shape index (κ2) is 6.95. The summed E-state index contributed by atoms with van der Waals surface area (Å²) in [5.74, 6) is -0.883. The Hall–Kier alpha value is -1.26. The highest BCUT2D eigenvalue weighted by molar-refractivity contribution is 5.98. The number of aliphatic hydroxyl groups is 1. The molecular formula is C16H22FNO2. The molecule has 0 aliphatic carbocycles. The second-order valence-corrected chi connectivity index (χ2v) is 5.57. The molecule has 0 amide bonds. The van der Waals surface area contributed by atoms with E-state index in [4.69, 9.17) is 0 Å². The Morgan fingerprint density at radius 1 is 1.45 bits per heavy atom. The van der Waals surface area contributed by atoms with Gasteiger partial charge in [-0.05, 0) is 31.5 Å². The molecule has 3 nitrogen and oxygen atoms in total. The molecule has 1 fully saturated rings. The number of benzene rings is 1. The lowest BCUT2D eigenvalue weighted by Crippen LogP contribution is -2.45. The van der Waals surface area contributed by atoms with Gasteiger partial charge in [-0.25, -0.2) is 4.39 Å². The molecule has 1 aromatic rings. The maximum absolute atomic E-state index is 13.6. The number of hydrogen-bond acceptors (Lipinski definition) is 3. The Bertz CT molecular complexity index is 464. The first-order valence-corrected chi connectivity index (χ1v) is 7.27. The summed E-state index contributed by atoms with van der Waals surface area (Å²) in [5.41, 5.74) is 0.164. The molecule has 1 heterocycles. The molecule has 0 spiro atoms. The van der Waals surface area contributed by atoms with Crippen LogP contribution in [0.2, 0.25) is 0 Å². The largest absolute Gasteiger partial charge is 0.395 e. The van der Waals surface area contributed by atoms with E-state index in [1.807, 2.05) is 6.92 Å². The summed E-state index contributed by atoms with van der Waals surface area (Å²) in [6.07, 6.45) is 3.19. The molecule has 0 saturated carbocycles. The van der Waals surface area contributed by atoms with Gasteiger partial charge in [-0.3, -0.25) is 9.69 Å². The first-order valence-electron chi connectivity index (χ1n) is 7.27. The van der Waals surface area contributed by atoms with Crippen LogP contribution in [-0.2, 0) is 0 Å². The van der Waals surface area contributed by atoms with Crippen LogP contribution in [0.3, 0.4) is 0 Å². The predicted molar refractivity (Wildman–Crippen MR) is 76.2 cm³/mol. The first-order chi connectivity index (χ1) is 9.63. The van der Waals surface area contributed by atoms with Crippen molar-refractivity contribution >= 4 is 5.78 Å². The zero-order valence-electron chi connectivity index (χ0n) is 11.9. The van der Waals surface area contributed by atoms with Crippen molar-refractivity contribution in [1.29, 1.82) is 0 Å². The van der Waals surface area contributed by atoms with Gasteiger partial charge in [0, 0.05) is 18.5 Å². The smallest absolute Gasteiger partial charge is 0.169 e. The highest BCUT2D eigenvalue weighted by atomic mass is 19.1. The van der Waals surface area contributed by atoms with Gasteiger partial charge >= 0.3 is 0 Å². The highest BCUT2D eigenvalue weighted by Gasteiger charge is 2.26. The van der Waals surface area contributed by atoms with Crippen molar-refractivity contribution < 1.29 is 14.3 Å². The van der Waals surface area contributed by atoms with Gasteiger partial charge in [0.1, 0.15) is 5.82 Å². The molecule has 2 rings (SSSR count). The maximum atomic E-state index is 13.6. The Morgan fingerprint density at radius 2 is 2.20 bits per heavy atom. The summed E-state index contributed by atoms with van der Waals surface area (Å²) in [7, 11) is 0. The van der Waals surface area contributed by atoms with E-state index in [2.05, 4.69) is 4.90 Å². The summed E-state index contributed by atoms with van der Waals surface area (Å²) >= 11 is 0. The van der Waals surface area contributed by atoms with Crippen molar-refractivity contribution in [1.82, 2.24) is 4.90 Å². The van der Waals surface area contributed by atoms with E-state index in [0.29, 0.717) is 6.54 Å². The van der Waals surface area contributed by atoms with Crippen LogP contribution >= 0.6 is 0 Å². The fourth-order valence-electron chi connectivity index (χ4n) is 2.87. The molecule has 110 valence electrons. The number of nitrogens with zero attached hydrogens (tertiary/aromatic N) is 1. The van der Waals surface area contributed by atoms with Crippen molar-refractivity contribution in [3.8, 4) is 0 Å². The summed E-state index contributed by atoms with van der Waals surface area (Å²) in [5, 5.41) is 9.39. The van der Waals surface area contributed by atoms with Gasteiger partial charge in [0.2, 0.25) is 0 Å². The minimum absolute atomic E-state index is 0.126. The van der Waals surface area contributed by atoms with Crippen LogP contribution in [0.5, 0.6) is 0 Å². The quantitative estimate of drug-likeness (QED) is 0.842. The number of carbonyl (C=O) groups is 1. The van der Waals surface area contributed by atoms with Gasteiger partial charge < -0.3 is 5.11 Å². The number of rotatable bonds is 5. The number of Topliss-reactive ketones (excluding diaryl/α,β-unsaturated/α-hetero) is 1. The van der Waals surface area contributed by atoms with Gasteiger partial charge in [-0.15, -0.1) is 0 Å². The number of halogens is 1. The monoisotopic (exact) mass is 279 g/mol.